The second-order valence-electron chi connectivity index (χ2n) is 9.23. The monoisotopic (exact) mass is 466 g/mol. The molecule has 3 unspecified atom stereocenters. The van der Waals surface area contributed by atoms with Crippen LogP contribution in [0.4, 0.5) is 4.79 Å². The van der Waals surface area contributed by atoms with Crippen LogP contribution in [0.2, 0.25) is 0 Å². The molecule has 4 rings (SSSR count). The van der Waals surface area contributed by atoms with Crippen molar-refractivity contribution in [2.45, 2.75) is 43.7 Å². The molecule has 0 spiro atoms. The summed E-state index contributed by atoms with van der Waals surface area (Å²) in [6, 6.07) is 15.9. The lowest BCUT2D eigenvalue weighted by Crippen LogP contribution is -2.61. The number of rotatable bonds is 8. The number of hydrogen-bond acceptors (Lipinski definition) is 5. The van der Waals surface area contributed by atoms with Gasteiger partial charge in [-0.2, -0.15) is 0 Å². The zero-order valence-corrected chi connectivity index (χ0v) is 19.4. The average Bonchev–Trinajstić information content (AvgIpc) is 3.41. The van der Waals surface area contributed by atoms with Crippen LogP contribution in [-0.2, 0) is 19.1 Å². The van der Waals surface area contributed by atoms with E-state index >= 15 is 0 Å². The standard InChI is InChI=1S/C26H30N2O6/c1-26(15-33-2,24(31)27-17-12-11-16(13-17)23(29)30)28-25(32)34-14-22-20-9-5-3-7-18(20)19-8-4-6-10-21(19)22/h3-10,16-17,22H,11-15H2,1-2H3,(H,27,31)(H,28,32)(H,29,30). The molecule has 180 valence electrons. The molecule has 0 aliphatic heterocycles. The topological polar surface area (TPSA) is 114 Å². The van der Waals surface area contributed by atoms with Gasteiger partial charge in [-0.1, -0.05) is 48.5 Å². The number of amides is 2. The summed E-state index contributed by atoms with van der Waals surface area (Å²) >= 11 is 0. The summed E-state index contributed by atoms with van der Waals surface area (Å²) in [6.45, 7) is 1.64. The van der Waals surface area contributed by atoms with Crippen LogP contribution in [0.15, 0.2) is 48.5 Å². The van der Waals surface area contributed by atoms with Crippen LogP contribution in [0, 0.1) is 5.92 Å². The highest BCUT2D eigenvalue weighted by molar-refractivity contribution is 5.90. The molecular formula is C26H30N2O6. The molecule has 0 radical (unpaired) electrons. The van der Waals surface area contributed by atoms with Gasteiger partial charge in [0, 0.05) is 19.1 Å². The second-order valence-corrected chi connectivity index (χ2v) is 9.23. The molecule has 2 aliphatic carbocycles. The summed E-state index contributed by atoms with van der Waals surface area (Å²) in [4.78, 5) is 37.0. The number of methoxy groups -OCH3 is 1. The SMILES string of the molecule is COCC(C)(NC(=O)OCC1c2ccccc2-c2ccccc21)C(=O)NC1CCC(C(=O)O)C1. The number of carboxylic acids is 1. The molecule has 2 aliphatic rings. The maximum atomic E-state index is 13.0. The number of nitrogens with one attached hydrogen (secondary N) is 2. The molecule has 3 atom stereocenters. The van der Waals surface area contributed by atoms with E-state index in [1.165, 1.54) is 7.11 Å². The van der Waals surface area contributed by atoms with Crippen molar-refractivity contribution in [2.24, 2.45) is 5.92 Å². The summed E-state index contributed by atoms with van der Waals surface area (Å²) < 4.78 is 10.8. The fourth-order valence-electron chi connectivity index (χ4n) is 4.99. The third-order valence-electron chi connectivity index (χ3n) is 6.77. The van der Waals surface area contributed by atoms with Crippen molar-refractivity contribution in [3.8, 4) is 11.1 Å². The first kappa shape index (κ1) is 23.8. The predicted molar refractivity (Wildman–Crippen MR) is 125 cm³/mol. The predicted octanol–water partition coefficient (Wildman–Crippen LogP) is 3.30. The normalized spacial score (nSPS) is 20.6. The van der Waals surface area contributed by atoms with E-state index in [0.29, 0.717) is 19.3 Å². The Bertz CT molecular complexity index is 1040. The number of carboxylic acid groups (broad SMARTS) is 1. The molecule has 34 heavy (non-hydrogen) atoms. The number of carbonyl (C=O) groups excluding carboxylic acids is 2. The molecule has 1 saturated carbocycles. The lowest BCUT2D eigenvalue weighted by Gasteiger charge is -2.30. The van der Waals surface area contributed by atoms with Crippen molar-refractivity contribution in [3.05, 3.63) is 59.7 Å². The van der Waals surface area contributed by atoms with E-state index in [4.69, 9.17) is 9.47 Å². The van der Waals surface area contributed by atoms with Crippen LogP contribution >= 0.6 is 0 Å². The van der Waals surface area contributed by atoms with Gasteiger partial charge < -0.3 is 25.2 Å². The summed E-state index contributed by atoms with van der Waals surface area (Å²) in [5.41, 5.74) is 3.10. The molecule has 0 saturated heterocycles. The van der Waals surface area contributed by atoms with Crippen molar-refractivity contribution in [1.82, 2.24) is 10.6 Å². The van der Waals surface area contributed by atoms with Crippen LogP contribution in [-0.4, -0.2) is 55.0 Å². The Balaban J connectivity index is 1.39. The van der Waals surface area contributed by atoms with Crippen molar-refractivity contribution in [2.75, 3.05) is 20.3 Å². The van der Waals surface area contributed by atoms with Crippen LogP contribution in [0.5, 0.6) is 0 Å². The second kappa shape index (κ2) is 9.85. The molecule has 8 nitrogen and oxygen atoms in total. The Morgan fingerprint density at radius 1 is 1.03 bits per heavy atom. The number of fused-ring (bicyclic) bond motifs is 3. The molecule has 0 bridgehead atoms. The molecule has 2 aromatic rings. The number of carbonyl (C=O) groups is 3. The highest BCUT2D eigenvalue weighted by Gasteiger charge is 2.39. The highest BCUT2D eigenvalue weighted by Crippen LogP contribution is 2.44. The lowest BCUT2D eigenvalue weighted by atomic mass is 9.98. The minimum Gasteiger partial charge on any atom is -0.481 e. The molecule has 0 heterocycles. The molecule has 2 aromatic carbocycles. The molecular weight excluding hydrogens is 436 g/mol. The van der Waals surface area contributed by atoms with E-state index in [0.717, 1.165) is 22.3 Å². The van der Waals surface area contributed by atoms with Crippen molar-refractivity contribution in [1.29, 1.82) is 0 Å². The number of aliphatic carboxylic acids is 1. The lowest BCUT2D eigenvalue weighted by molar-refractivity contribution is -0.141. The van der Waals surface area contributed by atoms with Gasteiger partial charge >= 0.3 is 12.1 Å². The van der Waals surface area contributed by atoms with Crippen molar-refractivity contribution in [3.63, 3.8) is 0 Å². The van der Waals surface area contributed by atoms with E-state index < -0.39 is 29.4 Å². The number of hydrogen-bond donors (Lipinski definition) is 3. The smallest absolute Gasteiger partial charge is 0.408 e. The first-order chi connectivity index (χ1) is 16.3. The van der Waals surface area contributed by atoms with E-state index in [2.05, 4.69) is 22.8 Å². The van der Waals surface area contributed by atoms with E-state index in [-0.39, 0.29) is 25.2 Å². The Kier molecular flexibility index (Phi) is 6.88. The summed E-state index contributed by atoms with van der Waals surface area (Å²) in [7, 11) is 1.45. The minimum atomic E-state index is -1.36. The van der Waals surface area contributed by atoms with Crippen LogP contribution in [0.3, 0.4) is 0 Å². The third kappa shape index (κ3) is 4.77. The maximum absolute atomic E-state index is 13.0. The maximum Gasteiger partial charge on any atom is 0.408 e. The van der Waals surface area contributed by atoms with Gasteiger partial charge in [0.2, 0.25) is 5.91 Å². The highest BCUT2D eigenvalue weighted by atomic mass is 16.5. The Morgan fingerprint density at radius 2 is 1.65 bits per heavy atom. The van der Waals surface area contributed by atoms with Gasteiger partial charge in [-0.25, -0.2) is 4.79 Å². The van der Waals surface area contributed by atoms with Gasteiger partial charge in [0.15, 0.2) is 0 Å². The van der Waals surface area contributed by atoms with E-state index in [1.807, 2.05) is 36.4 Å². The molecule has 1 fully saturated rings. The first-order valence-electron chi connectivity index (χ1n) is 11.5. The number of ether oxygens (including phenoxy) is 2. The zero-order valence-electron chi connectivity index (χ0n) is 19.4. The van der Waals surface area contributed by atoms with Gasteiger partial charge in [0.1, 0.15) is 12.1 Å². The van der Waals surface area contributed by atoms with Gasteiger partial charge in [-0.15, -0.1) is 0 Å². The summed E-state index contributed by atoms with van der Waals surface area (Å²) in [5.74, 6) is -1.84. The van der Waals surface area contributed by atoms with Crippen LogP contribution < -0.4 is 10.6 Å². The quantitative estimate of drug-likeness (QED) is 0.550. The molecule has 8 heteroatoms. The Morgan fingerprint density at radius 3 is 2.21 bits per heavy atom. The molecule has 2 amide bonds. The summed E-state index contributed by atoms with van der Waals surface area (Å²) in [5, 5.41) is 14.7. The zero-order chi connectivity index (χ0) is 24.3. The van der Waals surface area contributed by atoms with Gasteiger partial charge in [0.25, 0.3) is 0 Å². The van der Waals surface area contributed by atoms with Gasteiger partial charge in [-0.05, 0) is 48.4 Å². The van der Waals surface area contributed by atoms with Crippen molar-refractivity contribution < 1.29 is 29.0 Å². The van der Waals surface area contributed by atoms with Gasteiger partial charge in [0.05, 0.1) is 12.5 Å². The van der Waals surface area contributed by atoms with Crippen molar-refractivity contribution >= 4 is 18.0 Å². The number of benzene rings is 2. The Labute approximate surface area is 198 Å². The van der Waals surface area contributed by atoms with Gasteiger partial charge in [-0.3, -0.25) is 9.59 Å². The summed E-state index contributed by atoms with van der Waals surface area (Å²) in [6.07, 6.45) is 0.749. The van der Waals surface area contributed by atoms with Crippen LogP contribution in [0.1, 0.15) is 43.2 Å². The largest absolute Gasteiger partial charge is 0.481 e. The van der Waals surface area contributed by atoms with E-state index in [1.54, 1.807) is 6.92 Å². The van der Waals surface area contributed by atoms with Crippen LogP contribution in [0.25, 0.3) is 11.1 Å². The van der Waals surface area contributed by atoms with E-state index in [9.17, 15) is 19.5 Å². The fraction of sp³-hybridized carbons (Fsp3) is 0.423. The fourth-order valence-corrected chi connectivity index (χ4v) is 4.99. The first-order valence-corrected chi connectivity index (χ1v) is 11.5. The average molecular weight is 467 g/mol. The molecule has 3 N–H and O–H groups in total. The minimum absolute atomic E-state index is 0.0574. The number of alkyl carbamates (subject to hydrolysis) is 1. The Hall–Kier alpha value is -3.39. The third-order valence-corrected chi connectivity index (χ3v) is 6.77. The molecule has 0 aromatic heterocycles.